The average molecular weight is 236 g/mol. The van der Waals surface area contributed by atoms with Crippen molar-refractivity contribution in [3.63, 3.8) is 0 Å². The van der Waals surface area contributed by atoms with Crippen molar-refractivity contribution in [1.82, 2.24) is 0 Å². The first-order valence-electron chi connectivity index (χ1n) is 5.63. The van der Waals surface area contributed by atoms with Crippen molar-refractivity contribution in [2.75, 3.05) is 0 Å². The SMILES string of the molecule is CC(C)(C)[Si](C)(C)c1cccc(B(O)O)c1. The van der Waals surface area contributed by atoms with E-state index in [1.54, 1.807) is 6.07 Å². The summed E-state index contributed by atoms with van der Waals surface area (Å²) >= 11 is 0. The van der Waals surface area contributed by atoms with Gasteiger partial charge in [0.15, 0.2) is 0 Å². The van der Waals surface area contributed by atoms with E-state index in [2.05, 4.69) is 39.9 Å². The van der Waals surface area contributed by atoms with E-state index < -0.39 is 15.2 Å². The molecule has 0 amide bonds. The van der Waals surface area contributed by atoms with Crippen molar-refractivity contribution >= 4 is 25.8 Å². The highest BCUT2D eigenvalue weighted by atomic mass is 28.3. The summed E-state index contributed by atoms with van der Waals surface area (Å²) in [5, 5.41) is 19.9. The molecule has 4 heteroatoms. The Balaban J connectivity index is 3.19. The zero-order valence-corrected chi connectivity index (χ0v) is 11.8. The maximum Gasteiger partial charge on any atom is 0.488 e. The first-order valence-corrected chi connectivity index (χ1v) is 8.63. The van der Waals surface area contributed by atoms with Gasteiger partial charge in [-0.3, -0.25) is 0 Å². The van der Waals surface area contributed by atoms with Crippen LogP contribution in [0.2, 0.25) is 18.1 Å². The Morgan fingerprint density at radius 1 is 1.12 bits per heavy atom. The summed E-state index contributed by atoms with van der Waals surface area (Å²) in [6.07, 6.45) is 0. The van der Waals surface area contributed by atoms with Crippen molar-refractivity contribution in [3.8, 4) is 0 Å². The molecule has 0 unspecified atom stereocenters. The molecular formula is C12H21BO2Si. The molecule has 0 atom stereocenters. The Kier molecular flexibility index (Phi) is 3.67. The van der Waals surface area contributed by atoms with Crippen LogP contribution in [0.25, 0.3) is 0 Å². The molecule has 2 nitrogen and oxygen atoms in total. The quantitative estimate of drug-likeness (QED) is 0.754. The topological polar surface area (TPSA) is 40.5 Å². The van der Waals surface area contributed by atoms with Crippen LogP contribution in [0.3, 0.4) is 0 Å². The van der Waals surface area contributed by atoms with Crippen LogP contribution in [0.15, 0.2) is 24.3 Å². The second kappa shape index (κ2) is 4.36. The standard InChI is InChI=1S/C12H21BO2Si/c1-12(2,3)16(4,5)11-8-6-7-10(9-11)13(14)15/h6-9,14-15H,1-5H3. The summed E-state index contributed by atoms with van der Waals surface area (Å²) in [6.45, 7) is 11.4. The lowest BCUT2D eigenvalue weighted by atomic mass is 9.80. The molecule has 2 N–H and O–H groups in total. The molecule has 88 valence electrons. The highest BCUT2D eigenvalue weighted by Gasteiger charge is 2.36. The lowest BCUT2D eigenvalue weighted by molar-refractivity contribution is 0.426. The highest BCUT2D eigenvalue weighted by molar-refractivity contribution is 6.92. The second-order valence-electron chi connectivity index (χ2n) is 5.87. The minimum atomic E-state index is -1.58. The van der Waals surface area contributed by atoms with Crippen LogP contribution in [0.1, 0.15) is 20.8 Å². The molecule has 0 aliphatic carbocycles. The van der Waals surface area contributed by atoms with Gasteiger partial charge < -0.3 is 10.0 Å². The minimum Gasteiger partial charge on any atom is -0.423 e. The monoisotopic (exact) mass is 236 g/mol. The summed E-state index contributed by atoms with van der Waals surface area (Å²) in [7, 11) is -2.95. The predicted octanol–water partition coefficient (Wildman–Crippen LogP) is 1.08. The highest BCUT2D eigenvalue weighted by Crippen LogP contribution is 2.35. The van der Waals surface area contributed by atoms with Gasteiger partial charge in [0.05, 0.1) is 8.07 Å². The van der Waals surface area contributed by atoms with E-state index in [4.69, 9.17) is 0 Å². The third-order valence-electron chi connectivity index (χ3n) is 3.78. The smallest absolute Gasteiger partial charge is 0.423 e. The van der Waals surface area contributed by atoms with Crippen molar-refractivity contribution in [2.45, 2.75) is 38.9 Å². The molecule has 0 aromatic heterocycles. The van der Waals surface area contributed by atoms with Crippen LogP contribution in [-0.2, 0) is 0 Å². The van der Waals surface area contributed by atoms with Gasteiger partial charge >= 0.3 is 7.12 Å². The van der Waals surface area contributed by atoms with Crippen molar-refractivity contribution in [1.29, 1.82) is 0 Å². The predicted molar refractivity (Wildman–Crippen MR) is 73.1 cm³/mol. The number of hydrogen-bond acceptors (Lipinski definition) is 2. The summed E-state index contributed by atoms with van der Waals surface area (Å²) < 4.78 is 0. The Morgan fingerprint density at radius 2 is 1.69 bits per heavy atom. The van der Waals surface area contributed by atoms with Crippen LogP contribution in [0, 0.1) is 0 Å². The van der Waals surface area contributed by atoms with Gasteiger partial charge in [-0.05, 0) is 10.5 Å². The fourth-order valence-electron chi connectivity index (χ4n) is 1.52. The molecule has 0 heterocycles. The Morgan fingerprint density at radius 3 is 2.12 bits per heavy atom. The number of benzene rings is 1. The van der Waals surface area contributed by atoms with Crippen LogP contribution < -0.4 is 10.6 Å². The summed E-state index contributed by atoms with van der Waals surface area (Å²) in [6, 6.07) is 7.69. The van der Waals surface area contributed by atoms with Crippen molar-refractivity contribution < 1.29 is 10.0 Å². The van der Waals surface area contributed by atoms with E-state index in [0.717, 1.165) is 0 Å². The lowest BCUT2D eigenvalue weighted by Crippen LogP contribution is -2.51. The zero-order chi connectivity index (χ0) is 12.6. The molecule has 0 radical (unpaired) electrons. The Bertz CT molecular complexity index is 370. The van der Waals surface area contributed by atoms with Gasteiger partial charge in [0.25, 0.3) is 0 Å². The summed E-state index contributed by atoms with van der Waals surface area (Å²) in [4.78, 5) is 0. The van der Waals surface area contributed by atoms with E-state index in [1.807, 2.05) is 12.1 Å². The van der Waals surface area contributed by atoms with Crippen LogP contribution in [0.4, 0.5) is 0 Å². The molecule has 0 saturated heterocycles. The zero-order valence-electron chi connectivity index (χ0n) is 10.8. The molecular weight excluding hydrogens is 215 g/mol. The van der Waals surface area contributed by atoms with Crippen LogP contribution in [-0.4, -0.2) is 25.2 Å². The Hall–Kier alpha value is -0.578. The van der Waals surface area contributed by atoms with Gasteiger partial charge in [0.1, 0.15) is 0 Å². The second-order valence-corrected chi connectivity index (χ2v) is 11.2. The van der Waals surface area contributed by atoms with Gasteiger partial charge in [-0.15, -0.1) is 0 Å². The van der Waals surface area contributed by atoms with Gasteiger partial charge in [0, 0.05) is 0 Å². The summed E-state index contributed by atoms with van der Waals surface area (Å²) in [5.74, 6) is 0. The summed E-state index contributed by atoms with van der Waals surface area (Å²) in [5.41, 5.74) is 0.585. The third kappa shape index (κ3) is 2.56. The third-order valence-corrected chi connectivity index (χ3v) is 9.29. The van der Waals surface area contributed by atoms with E-state index in [1.165, 1.54) is 5.19 Å². The molecule has 0 saturated carbocycles. The number of hydrogen-bond donors (Lipinski definition) is 2. The van der Waals surface area contributed by atoms with Crippen molar-refractivity contribution in [2.24, 2.45) is 0 Å². The molecule has 0 aliphatic rings. The maximum atomic E-state index is 9.19. The molecule has 0 bridgehead atoms. The molecule has 0 fully saturated rings. The van der Waals surface area contributed by atoms with Gasteiger partial charge in [0.2, 0.25) is 0 Å². The fourth-order valence-corrected chi connectivity index (χ4v) is 3.43. The fraction of sp³-hybridized carbons (Fsp3) is 0.500. The van der Waals surface area contributed by atoms with Crippen LogP contribution >= 0.6 is 0 Å². The first-order chi connectivity index (χ1) is 7.16. The normalized spacial score (nSPS) is 12.7. The maximum absolute atomic E-state index is 9.19. The molecule has 1 aromatic carbocycles. The largest absolute Gasteiger partial charge is 0.488 e. The lowest BCUT2D eigenvalue weighted by Gasteiger charge is -2.37. The van der Waals surface area contributed by atoms with Gasteiger partial charge in [-0.1, -0.05) is 63.3 Å². The molecule has 0 aliphatic heterocycles. The van der Waals surface area contributed by atoms with Gasteiger partial charge in [-0.25, -0.2) is 0 Å². The molecule has 1 aromatic rings. The minimum absolute atomic E-state index is 0.256. The first kappa shape index (κ1) is 13.5. The van der Waals surface area contributed by atoms with E-state index in [9.17, 15) is 10.0 Å². The van der Waals surface area contributed by atoms with Crippen molar-refractivity contribution in [3.05, 3.63) is 24.3 Å². The average Bonchev–Trinajstić information content (AvgIpc) is 2.16. The molecule has 16 heavy (non-hydrogen) atoms. The van der Waals surface area contributed by atoms with Gasteiger partial charge in [-0.2, -0.15) is 0 Å². The number of rotatable bonds is 2. The van der Waals surface area contributed by atoms with Crippen LogP contribution in [0.5, 0.6) is 0 Å². The molecule has 1 rings (SSSR count). The van der Waals surface area contributed by atoms with E-state index in [0.29, 0.717) is 5.46 Å². The molecule has 0 spiro atoms. The Labute approximate surface area is 99.5 Å². The van der Waals surface area contributed by atoms with E-state index in [-0.39, 0.29) is 5.04 Å². The van der Waals surface area contributed by atoms with E-state index >= 15 is 0 Å².